The second kappa shape index (κ2) is 12.2. The molecule has 0 spiro atoms. The summed E-state index contributed by atoms with van der Waals surface area (Å²) < 4.78 is 40.9. The Morgan fingerprint density at radius 2 is 1.79 bits per heavy atom. The molecule has 1 aliphatic carbocycles. The number of halogens is 3. The van der Waals surface area contributed by atoms with Crippen LogP contribution in [0.15, 0.2) is 36.5 Å². The molecule has 9 nitrogen and oxygen atoms in total. The van der Waals surface area contributed by atoms with Crippen molar-refractivity contribution in [3.63, 3.8) is 0 Å². The summed E-state index contributed by atoms with van der Waals surface area (Å²) in [5, 5.41) is 12.7. The number of rotatable bonds is 8. The number of likely N-dealkylation sites (tertiary alicyclic amines) is 1. The Labute approximate surface area is 225 Å². The Morgan fingerprint density at radius 3 is 2.49 bits per heavy atom. The SMILES string of the molecule is CN[C@@H](C)C(=O)N[C@H](C(=O)N1CCC[C@H]1C(=O)Nc1ccnn1-c1cccc(C(F)(F)F)c1)C1CCCCC1. The van der Waals surface area contributed by atoms with Gasteiger partial charge in [-0.1, -0.05) is 25.3 Å². The molecule has 2 fully saturated rings. The zero-order valence-electron chi connectivity index (χ0n) is 22.1. The number of alkyl halides is 3. The van der Waals surface area contributed by atoms with Crippen LogP contribution in [-0.4, -0.2) is 64.1 Å². The van der Waals surface area contributed by atoms with Crippen LogP contribution in [0.25, 0.3) is 5.69 Å². The molecule has 2 heterocycles. The summed E-state index contributed by atoms with van der Waals surface area (Å²) in [6, 6.07) is 4.18. The number of nitrogens with one attached hydrogen (secondary N) is 3. The van der Waals surface area contributed by atoms with Gasteiger partial charge in [-0.25, -0.2) is 4.68 Å². The molecule has 212 valence electrons. The summed E-state index contributed by atoms with van der Waals surface area (Å²) >= 11 is 0. The molecule has 1 saturated carbocycles. The van der Waals surface area contributed by atoms with E-state index in [2.05, 4.69) is 21.0 Å². The first-order valence-corrected chi connectivity index (χ1v) is 13.4. The van der Waals surface area contributed by atoms with E-state index in [1.54, 1.807) is 14.0 Å². The van der Waals surface area contributed by atoms with Crippen LogP contribution in [0, 0.1) is 5.92 Å². The molecule has 0 radical (unpaired) electrons. The Hall–Kier alpha value is -3.41. The minimum atomic E-state index is -4.52. The van der Waals surface area contributed by atoms with Crippen molar-refractivity contribution in [2.75, 3.05) is 18.9 Å². The van der Waals surface area contributed by atoms with E-state index >= 15 is 0 Å². The maximum absolute atomic E-state index is 13.8. The number of aromatic nitrogens is 2. The molecular formula is C27H35F3N6O3. The number of nitrogens with zero attached hydrogens (tertiary/aromatic N) is 3. The number of anilines is 1. The van der Waals surface area contributed by atoms with Crippen LogP contribution >= 0.6 is 0 Å². The molecule has 3 amide bonds. The molecule has 4 rings (SSSR count). The van der Waals surface area contributed by atoms with Gasteiger partial charge in [-0.15, -0.1) is 0 Å². The van der Waals surface area contributed by atoms with E-state index in [0.717, 1.165) is 44.2 Å². The summed E-state index contributed by atoms with van der Waals surface area (Å²) in [4.78, 5) is 41.5. The van der Waals surface area contributed by atoms with Crippen LogP contribution < -0.4 is 16.0 Å². The van der Waals surface area contributed by atoms with Crippen LogP contribution in [0.5, 0.6) is 0 Å². The van der Waals surface area contributed by atoms with Gasteiger partial charge in [0.25, 0.3) is 0 Å². The second-order valence-electron chi connectivity index (χ2n) is 10.2. The second-order valence-corrected chi connectivity index (χ2v) is 10.2. The molecule has 0 unspecified atom stereocenters. The third-order valence-corrected chi connectivity index (χ3v) is 7.66. The maximum Gasteiger partial charge on any atom is 0.416 e. The van der Waals surface area contributed by atoms with Gasteiger partial charge in [0, 0.05) is 12.6 Å². The lowest BCUT2D eigenvalue weighted by atomic mass is 9.83. The van der Waals surface area contributed by atoms with Crippen molar-refractivity contribution >= 4 is 23.5 Å². The van der Waals surface area contributed by atoms with Crippen molar-refractivity contribution in [3.8, 4) is 5.69 Å². The van der Waals surface area contributed by atoms with Crippen molar-refractivity contribution < 1.29 is 27.6 Å². The van der Waals surface area contributed by atoms with Gasteiger partial charge >= 0.3 is 6.18 Å². The Bertz CT molecular complexity index is 1180. The zero-order chi connectivity index (χ0) is 28.2. The van der Waals surface area contributed by atoms with Crippen LogP contribution in [0.2, 0.25) is 0 Å². The fraction of sp³-hybridized carbons (Fsp3) is 0.556. The van der Waals surface area contributed by atoms with Gasteiger partial charge in [0.1, 0.15) is 17.9 Å². The predicted molar refractivity (Wildman–Crippen MR) is 139 cm³/mol. The molecule has 2 aliphatic rings. The van der Waals surface area contributed by atoms with Crippen LogP contribution in [0.4, 0.5) is 19.0 Å². The molecule has 1 saturated heterocycles. The number of amides is 3. The van der Waals surface area contributed by atoms with E-state index in [1.165, 1.54) is 34.0 Å². The average molecular weight is 549 g/mol. The largest absolute Gasteiger partial charge is 0.416 e. The lowest BCUT2D eigenvalue weighted by Crippen LogP contribution is -2.57. The topological polar surface area (TPSA) is 108 Å². The lowest BCUT2D eigenvalue weighted by Gasteiger charge is -2.35. The van der Waals surface area contributed by atoms with E-state index in [9.17, 15) is 27.6 Å². The number of likely N-dealkylation sites (N-methyl/N-ethyl adjacent to an activating group) is 1. The molecular weight excluding hydrogens is 513 g/mol. The third kappa shape index (κ3) is 6.60. The number of hydrogen-bond donors (Lipinski definition) is 3. The fourth-order valence-electron chi connectivity index (χ4n) is 5.37. The molecule has 0 bridgehead atoms. The summed E-state index contributed by atoms with van der Waals surface area (Å²) in [5.74, 6) is -0.814. The molecule has 3 N–H and O–H groups in total. The minimum absolute atomic E-state index is 0.00842. The molecule has 2 aromatic rings. The van der Waals surface area contributed by atoms with E-state index in [4.69, 9.17) is 0 Å². The van der Waals surface area contributed by atoms with Gasteiger partial charge in [0.15, 0.2) is 0 Å². The smallest absolute Gasteiger partial charge is 0.343 e. The van der Waals surface area contributed by atoms with E-state index in [0.29, 0.717) is 19.4 Å². The Morgan fingerprint density at radius 1 is 1.05 bits per heavy atom. The molecule has 1 aromatic heterocycles. The van der Waals surface area contributed by atoms with Gasteiger partial charge < -0.3 is 20.9 Å². The molecule has 12 heteroatoms. The highest BCUT2D eigenvalue weighted by Crippen LogP contribution is 2.32. The number of hydrogen-bond acceptors (Lipinski definition) is 5. The van der Waals surface area contributed by atoms with Crippen LogP contribution in [0.1, 0.15) is 57.4 Å². The summed E-state index contributed by atoms with van der Waals surface area (Å²) in [6.45, 7) is 2.10. The first-order chi connectivity index (χ1) is 18.6. The Balaban J connectivity index is 1.52. The van der Waals surface area contributed by atoms with Gasteiger partial charge in [-0.05, 0) is 63.8 Å². The number of carbonyl (C=O) groups is 3. The van der Waals surface area contributed by atoms with Gasteiger partial charge in [0.2, 0.25) is 17.7 Å². The summed E-state index contributed by atoms with van der Waals surface area (Å²) in [5.41, 5.74) is -0.688. The first kappa shape index (κ1) is 28.6. The zero-order valence-corrected chi connectivity index (χ0v) is 22.1. The van der Waals surface area contributed by atoms with E-state index in [1.807, 2.05) is 0 Å². The van der Waals surface area contributed by atoms with Crippen molar-refractivity contribution in [2.24, 2.45) is 5.92 Å². The van der Waals surface area contributed by atoms with Crippen molar-refractivity contribution in [2.45, 2.75) is 76.2 Å². The van der Waals surface area contributed by atoms with Gasteiger partial charge in [-0.3, -0.25) is 14.4 Å². The van der Waals surface area contributed by atoms with Crippen molar-refractivity contribution in [1.82, 2.24) is 25.3 Å². The third-order valence-electron chi connectivity index (χ3n) is 7.66. The van der Waals surface area contributed by atoms with Gasteiger partial charge in [0.05, 0.1) is 23.5 Å². The minimum Gasteiger partial charge on any atom is -0.343 e. The van der Waals surface area contributed by atoms with Crippen LogP contribution in [-0.2, 0) is 20.6 Å². The normalized spacial score (nSPS) is 19.9. The van der Waals surface area contributed by atoms with E-state index < -0.39 is 35.8 Å². The molecule has 1 aliphatic heterocycles. The van der Waals surface area contributed by atoms with Crippen LogP contribution in [0.3, 0.4) is 0 Å². The molecule has 39 heavy (non-hydrogen) atoms. The highest BCUT2D eigenvalue weighted by molar-refractivity contribution is 5.98. The number of benzene rings is 1. The lowest BCUT2D eigenvalue weighted by molar-refractivity contribution is -0.142. The quantitative estimate of drug-likeness (QED) is 0.468. The van der Waals surface area contributed by atoms with Crippen molar-refractivity contribution in [1.29, 1.82) is 0 Å². The molecule has 1 aromatic carbocycles. The predicted octanol–water partition coefficient (Wildman–Crippen LogP) is 3.49. The highest BCUT2D eigenvalue weighted by Gasteiger charge is 2.41. The van der Waals surface area contributed by atoms with E-state index in [-0.39, 0.29) is 29.2 Å². The first-order valence-electron chi connectivity index (χ1n) is 13.4. The van der Waals surface area contributed by atoms with Gasteiger partial charge in [-0.2, -0.15) is 18.3 Å². The Kier molecular flexibility index (Phi) is 8.94. The average Bonchev–Trinajstić information content (AvgIpc) is 3.61. The number of carbonyl (C=O) groups excluding carboxylic acids is 3. The molecule has 3 atom stereocenters. The maximum atomic E-state index is 13.8. The standard InChI is InChI=1S/C27H35F3N6O3/c1-17(31-2)24(37)34-23(18-8-4-3-5-9-18)26(39)35-15-7-12-21(35)25(38)33-22-13-14-32-36(22)20-11-6-10-19(16-20)27(28,29)30/h6,10-11,13-14,16-18,21,23,31H,3-5,7-9,12,15H2,1-2H3,(H,33,38)(H,34,37)/t17-,21-,23-/m0/s1. The summed E-state index contributed by atoms with van der Waals surface area (Å²) in [7, 11) is 1.67. The monoisotopic (exact) mass is 548 g/mol. The summed E-state index contributed by atoms with van der Waals surface area (Å²) in [6.07, 6.45) is 2.62. The fourth-order valence-corrected chi connectivity index (χ4v) is 5.37. The highest BCUT2D eigenvalue weighted by atomic mass is 19.4. The van der Waals surface area contributed by atoms with Crippen molar-refractivity contribution in [3.05, 3.63) is 42.1 Å².